The second-order valence-corrected chi connectivity index (χ2v) is 5.25. The highest BCUT2D eigenvalue weighted by Crippen LogP contribution is 2.42. The Morgan fingerprint density at radius 2 is 1.62 bits per heavy atom. The Hall–Kier alpha value is 0. The summed E-state index contributed by atoms with van der Waals surface area (Å²) in [6.07, 6.45) is 13.8. The molecule has 0 saturated heterocycles. The van der Waals surface area contributed by atoms with E-state index in [2.05, 4.69) is 6.92 Å². The van der Waals surface area contributed by atoms with Gasteiger partial charge in [-0.2, -0.15) is 0 Å². The molecule has 0 amide bonds. The first kappa shape index (κ1) is 9.55. The molecule has 0 bridgehead atoms. The van der Waals surface area contributed by atoms with Gasteiger partial charge in [0.25, 0.3) is 0 Å². The maximum Gasteiger partial charge on any atom is -0.0383 e. The van der Waals surface area contributed by atoms with Crippen molar-refractivity contribution in [2.75, 3.05) is 0 Å². The van der Waals surface area contributed by atoms with Gasteiger partial charge < -0.3 is 0 Å². The first-order chi connectivity index (χ1) is 6.40. The third kappa shape index (κ3) is 2.27. The van der Waals surface area contributed by atoms with Gasteiger partial charge in [0, 0.05) is 0 Å². The zero-order chi connectivity index (χ0) is 9.10. The fourth-order valence-electron chi connectivity index (χ4n) is 3.52. The second kappa shape index (κ2) is 4.48. The molecular formula is C13H24. The van der Waals surface area contributed by atoms with Crippen molar-refractivity contribution in [3.8, 4) is 0 Å². The van der Waals surface area contributed by atoms with Crippen LogP contribution in [0.2, 0.25) is 0 Å². The predicted molar refractivity (Wildman–Crippen MR) is 57.7 cm³/mol. The van der Waals surface area contributed by atoms with Gasteiger partial charge in [0.15, 0.2) is 0 Å². The Balaban J connectivity index is 1.80. The second-order valence-electron chi connectivity index (χ2n) is 5.25. The molecule has 0 aromatic rings. The van der Waals surface area contributed by atoms with Gasteiger partial charge in [0.1, 0.15) is 0 Å². The normalized spacial score (nSPS) is 36.7. The van der Waals surface area contributed by atoms with Crippen LogP contribution in [0.15, 0.2) is 0 Å². The van der Waals surface area contributed by atoms with Crippen molar-refractivity contribution in [3.63, 3.8) is 0 Å². The van der Waals surface area contributed by atoms with Crippen molar-refractivity contribution in [3.05, 3.63) is 0 Å². The van der Waals surface area contributed by atoms with E-state index in [1.807, 2.05) is 0 Å². The first-order valence-electron chi connectivity index (χ1n) is 6.40. The lowest BCUT2D eigenvalue weighted by Gasteiger charge is -2.27. The van der Waals surface area contributed by atoms with Gasteiger partial charge in [-0.3, -0.25) is 0 Å². The maximum atomic E-state index is 2.37. The van der Waals surface area contributed by atoms with Crippen LogP contribution >= 0.6 is 0 Å². The molecule has 0 radical (unpaired) electrons. The average molecular weight is 180 g/mol. The van der Waals surface area contributed by atoms with Gasteiger partial charge >= 0.3 is 0 Å². The Morgan fingerprint density at radius 1 is 0.846 bits per heavy atom. The molecule has 0 heteroatoms. The Bertz CT molecular complexity index is 144. The zero-order valence-corrected chi connectivity index (χ0v) is 9.10. The third-order valence-electron chi connectivity index (χ3n) is 4.48. The smallest absolute Gasteiger partial charge is 0.0383 e. The molecule has 0 heterocycles. The van der Waals surface area contributed by atoms with E-state index in [-0.39, 0.29) is 0 Å². The standard InChI is InChI=1S/C13H24/c1-2-11-8-9-13(10-11)12-6-4-3-5-7-12/h11-13H,2-10H2,1H3. The van der Waals surface area contributed by atoms with Crippen molar-refractivity contribution in [1.29, 1.82) is 0 Å². The summed E-state index contributed by atoms with van der Waals surface area (Å²) in [5, 5.41) is 0. The fraction of sp³-hybridized carbons (Fsp3) is 1.00. The fourth-order valence-corrected chi connectivity index (χ4v) is 3.52. The largest absolute Gasteiger partial charge is 0.0651 e. The number of rotatable bonds is 2. The van der Waals surface area contributed by atoms with Crippen molar-refractivity contribution < 1.29 is 0 Å². The predicted octanol–water partition coefficient (Wildman–Crippen LogP) is 4.39. The van der Waals surface area contributed by atoms with E-state index < -0.39 is 0 Å². The molecule has 0 spiro atoms. The van der Waals surface area contributed by atoms with E-state index in [1.54, 1.807) is 25.7 Å². The molecular weight excluding hydrogens is 156 g/mol. The van der Waals surface area contributed by atoms with Crippen molar-refractivity contribution in [2.45, 2.75) is 64.7 Å². The van der Waals surface area contributed by atoms with E-state index in [0.29, 0.717) is 0 Å². The summed E-state index contributed by atoms with van der Waals surface area (Å²) >= 11 is 0. The lowest BCUT2D eigenvalue weighted by molar-refractivity contribution is 0.246. The average Bonchev–Trinajstić information content (AvgIpc) is 2.67. The van der Waals surface area contributed by atoms with Crippen LogP contribution in [0.4, 0.5) is 0 Å². The summed E-state index contributed by atoms with van der Waals surface area (Å²) in [6.45, 7) is 2.37. The first-order valence-corrected chi connectivity index (χ1v) is 6.40. The maximum absolute atomic E-state index is 2.37. The number of hydrogen-bond acceptors (Lipinski definition) is 0. The summed E-state index contributed by atoms with van der Waals surface area (Å²) < 4.78 is 0. The Labute approximate surface area is 83.1 Å². The van der Waals surface area contributed by atoms with E-state index in [9.17, 15) is 0 Å². The molecule has 2 unspecified atom stereocenters. The van der Waals surface area contributed by atoms with Gasteiger partial charge in [0.2, 0.25) is 0 Å². The minimum atomic E-state index is 1.09. The molecule has 2 fully saturated rings. The molecule has 0 N–H and O–H groups in total. The highest BCUT2D eigenvalue weighted by atomic mass is 14.4. The number of hydrogen-bond donors (Lipinski definition) is 0. The summed E-state index contributed by atoms with van der Waals surface area (Å²) in [5.41, 5.74) is 0. The summed E-state index contributed by atoms with van der Waals surface area (Å²) in [7, 11) is 0. The summed E-state index contributed by atoms with van der Waals surface area (Å²) in [5.74, 6) is 3.35. The van der Waals surface area contributed by atoms with Gasteiger partial charge in [-0.25, -0.2) is 0 Å². The molecule has 76 valence electrons. The van der Waals surface area contributed by atoms with Crippen LogP contribution in [0.1, 0.15) is 64.7 Å². The van der Waals surface area contributed by atoms with Gasteiger partial charge in [-0.05, 0) is 30.6 Å². The molecule has 0 aromatic heterocycles. The van der Waals surface area contributed by atoms with Crippen LogP contribution in [-0.2, 0) is 0 Å². The minimum absolute atomic E-state index is 1.09. The van der Waals surface area contributed by atoms with E-state index in [0.717, 1.165) is 17.8 Å². The summed E-state index contributed by atoms with van der Waals surface area (Å²) in [6, 6.07) is 0. The lowest BCUT2D eigenvalue weighted by Crippen LogP contribution is -2.15. The van der Waals surface area contributed by atoms with E-state index in [1.165, 1.54) is 32.1 Å². The molecule has 2 atom stereocenters. The highest BCUT2D eigenvalue weighted by Gasteiger charge is 2.30. The quantitative estimate of drug-likeness (QED) is 0.591. The molecule has 2 rings (SSSR count). The SMILES string of the molecule is CCC1CCC(C2CCCCC2)C1. The monoisotopic (exact) mass is 180 g/mol. The van der Waals surface area contributed by atoms with Crippen molar-refractivity contribution in [1.82, 2.24) is 0 Å². The molecule has 13 heavy (non-hydrogen) atoms. The molecule has 2 aliphatic rings. The van der Waals surface area contributed by atoms with E-state index >= 15 is 0 Å². The molecule has 2 aliphatic carbocycles. The third-order valence-corrected chi connectivity index (χ3v) is 4.48. The molecule has 0 aliphatic heterocycles. The van der Waals surface area contributed by atoms with Crippen LogP contribution in [0.25, 0.3) is 0 Å². The van der Waals surface area contributed by atoms with Gasteiger partial charge in [-0.1, -0.05) is 51.9 Å². The van der Waals surface area contributed by atoms with Crippen molar-refractivity contribution >= 4 is 0 Å². The van der Waals surface area contributed by atoms with Crippen LogP contribution in [0.3, 0.4) is 0 Å². The van der Waals surface area contributed by atoms with Crippen LogP contribution in [0, 0.1) is 17.8 Å². The van der Waals surface area contributed by atoms with Crippen LogP contribution < -0.4 is 0 Å². The molecule has 0 aromatic carbocycles. The molecule has 2 saturated carbocycles. The highest BCUT2D eigenvalue weighted by molar-refractivity contribution is 4.81. The van der Waals surface area contributed by atoms with Gasteiger partial charge in [-0.15, -0.1) is 0 Å². The minimum Gasteiger partial charge on any atom is -0.0651 e. The molecule has 0 nitrogen and oxygen atoms in total. The van der Waals surface area contributed by atoms with Gasteiger partial charge in [0.05, 0.1) is 0 Å². The zero-order valence-electron chi connectivity index (χ0n) is 9.10. The van der Waals surface area contributed by atoms with Crippen LogP contribution in [0.5, 0.6) is 0 Å². The van der Waals surface area contributed by atoms with E-state index in [4.69, 9.17) is 0 Å². The topological polar surface area (TPSA) is 0 Å². The van der Waals surface area contributed by atoms with Crippen molar-refractivity contribution in [2.24, 2.45) is 17.8 Å². The lowest BCUT2D eigenvalue weighted by atomic mass is 9.79. The Kier molecular flexibility index (Phi) is 3.29. The Morgan fingerprint density at radius 3 is 2.23 bits per heavy atom. The summed E-state index contributed by atoms with van der Waals surface area (Å²) in [4.78, 5) is 0. The van der Waals surface area contributed by atoms with Crippen LogP contribution in [-0.4, -0.2) is 0 Å².